The summed E-state index contributed by atoms with van der Waals surface area (Å²) in [5.74, 6) is -2.15. The third-order valence-corrected chi connectivity index (χ3v) is 8.38. The lowest BCUT2D eigenvalue weighted by Crippen LogP contribution is -2.36. The molecule has 7 rings (SSSR count). The standard InChI is InChI=1S/C31H22F3N5O7/c1-12-23(40)21(17-10-9-16-27(35-17)38(4)29(44)36-28(16)43)25-22(24(12)41)30(3)19(45-25)11-18-20(26(30)42)13(2)37-39(18)14-5-7-15(8-6-14)46-31(32,33)34/h5-11,40-41H,1-4H3,(H,36,43,44)/t30-/m0/s1. The number of aromatic hydroxyl groups is 3. The number of carbonyl (C=O) groups excluding carboxylic acids is 1. The normalized spacial score (nSPS) is 16.9. The fourth-order valence-corrected chi connectivity index (χ4v) is 6.02. The van der Waals surface area contributed by atoms with E-state index in [1.54, 1.807) is 19.9 Å². The quantitative estimate of drug-likeness (QED) is 0.254. The van der Waals surface area contributed by atoms with E-state index in [1.165, 1.54) is 42.9 Å². The Bertz CT molecular complexity index is 2270. The molecule has 0 radical (unpaired) electrons. The van der Waals surface area contributed by atoms with Gasteiger partial charge in [-0.1, -0.05) is 0 Å². The lowest BCUT2D eigenvalue weighted by Gasteiger charge is -2.27. The summed E-state index contributed by atoms with van der Waals surface area (Å²) < 4.78 is 50.8. The molecular formula is C31H22F3N5O7. The number of phenolic OH excluding ortho intramolecular Hbond substituents is 2. The van der Waals surface area contributed by atoms with Gasteiger partial charge in [-0.25, -0.2) is 14.5 Å². The predicted molar refractivity (Wildman–Crippen MR) is 155 cm³/mol. The second-order valence-electron chi connectivity index (χ2n) is 11.1. The number of ether oxygens (including phenoxy) is 2. The maximum Gasteiger partial charge on any atom is 0.573 e. The fraction of sp³-hybridized carbons (Fsp3) is 0.194. The van der Waals surface area contributed by atoms with Crippen LogP contribution in [-0.4, -0.2) is 51.8 Å². The van der Waals surface area contributed by atoms with Crippen LogP contribution in [0.1, 0.15) is 39.8 Å². The minimum Gasteiger partial charge on any atom is -0.507 e. The summed E-state index contributed by atoms with van der Waals surface area (Å²) in [6.07, 6.45) is -3.32. The van der Waals surface area contributed by atoms with E-state index in [0.29, 0.717) is 11.4 Å². The lowest BCUT2D eigenvalue weighted by molar-refractivity contribution is -0.274. The summed E-state index contributed by atoms with van der Waals surface area (Å²) in [7, 11) is 1.41. The summed E-state index contributed by atoms with van der Waals surface area (Å²) in [6, 6.07) is 7.87. The van der Waals surface area contributed by atoms with Crippen LogP contribution in [-0.2, 0) is 12.5 Å². The summed E-state index contributed by atoms with van der Waals surface area (Å²) >= 11 is 0. The van der Waals surface area contributed by atoms with E-state index in [9.17, 15) is 38.1 Å². The number of benzene rings is 2. The molecule has 3 N–H and O–H groups in total. The van der Waals surface area contributed by atoms with Crippen LogP contribution in [0.4, 0.5) is 13.2 Å². The van der Waals surface area contributed by atoms with E-state index in [1.807, 2.05) is 0 Å². The zero-order valence-electron chi connectivity index (χ0n) is 24.4. The minimum absolute atomic E-state index is 0.0305. The summed E-state index contributed by atoms with van der Waals surface area (Å²) in [5.41, 5.74) is -0.873. The van der Waals surface area contributed by atoms with Gasteiger partial charge >= 0.3 is 12.1 Å². The van der Waals surface area contributed by atoms with Crippen molar-refractivity contribution in [1.82, 2.24) is 24.3 Å². The first-order chi connectivity index (χ1) is 21.6. The van der Waals surface area contributed by atoms with Crippen LogP contribution in [0.15, 0.2) is 47.0 Å². The Morgan fingerprint density at radius 1 is 0.957 bits per heavy atom. The molecule has 0 saturated heterocycles. The van der Waals surface area contributed by atoms with Crippen LogP contribution in [0.3, 0.4) is 0 Å². The molecule has 0 bridgehead atoms. The third kappa shape index (κ3) is 3.90. The number of aryl methyl sites for hydroxylation is 2. The van der Waals surface area contributed by atoms with Crippen LogP contribution in [0, 0.1) is 13.8 Å². The second-order valence-corrected chi connectivity index (χ2v) is 11.1. The Balaban J connectivity index is 1.41. The predicted octanol–water partition coefficient (Wildman–Crippen LogP) is 4.70. The van der Waals surface area contributed by atoms with Crippen molar-refractivity contribution in [3.05, 3.63) is 80.7 Å². The van der Waals surface area contributed by atoms with Crippen LogP contribution < -0.4 is 15.2 Å². The van der Waals surface area contributed by atoms with Gasteiger partial charge in [0, 0.05) is 18.7 Å². The SMILES string of the molecule is Cc1nn(-c2ccc(OC(F)(F)F)cc2)c2c1C(=O)[C@@]1(C)C(=C2)Oc2c(-c3ccc4c(O)nc(=O)n(C)c4n3)c(O)c(C)c(O)c21. The third-order valence-electron chi connectivity index (χ3n) is 8.38. The minimum atomic E-state index is -4.87. The second kappa shape index (κ2) is 9.32. The molecule has 15 heteroatoms. The Hall–Kier alpha value is -5.86. The molecular weight excluding hydrogens is 611 g/mol. The Labute approximate surface area is 256 Å². The van der Waals surface area contributed by atoms with Crippen LogP contribution in [0.25, 0.3) is 34.1 Å². The first-order valence-corrected chi connectivity index (χ1v) is 13.7. The molecule has 2 aromatic carbocycles. The van der Waals surface area contributed by atoms with Gasteiger partial charge in [0.25, 0.3) is 0 Å². The van der Waals surface area contributed by atoms with E-state index in [4.69, 9.17) is 4.74 Å². The molecule has 1 aliphatic heterocycles. The Morgan fingerprint density at radius 2 is 1.65 bits per heavy atom. The van der Waals surface area contributed by atoms with Gasteiger partial charge in [0.1, 0.15) is 39.8 Å². The van der Waals surface area contributed by atoms with Gasteiger partial charge in [-0.15, -0.1) is 13.2 Å². The highest BCUT2D eigenvalue weighted by molar-refractivity contribution is 6.14. The Kier molecular flexibility index (Phi) is 5.86. The van der Waals surface area contributed by atoms with Gasteiger partial charge in [-0.3, -0.25) is 9.36 Å². The molecule has 0 saturated carbocycles. The van der Waals surface area contributed by atoms with E-state index < -0.39 is 34.9 Å². The van der Waals surface area contributed by atoms with Crippen molar-refractivity contribution in [2.24, 2.45) is 7.05 Å². The van der Waals surface area contributed by atoms with Gasteiger partial charge in [0.2, 0.25) is 5.88 Å². The van der Waals surface area contributed by atoms with Gasteiger partial charge < -0.3 is 24.8 Å². The number of aromatic nitrogens is 5. The summed E-state index contributed by atoms with van der Waals surface area (Å²) in [6.45, 7) is 4.63. The number of nitrogens with zero attached hydrogens (tertiary/aromatic N) is 5. The van der Waals surface area contributed by atoms with Gasteiger partial charge in [-0.2, -0.15) is 10.1 Å². The monoisotopic (exact) mass is 633 g/mol. The number of hydrogen-bond donors (Lipinski definition) is 3. The molecule has 4 heterocycles. The lowest BCUT2D eigenvalue weighted by atomic mass is 9.71. The first kappa shape index (κ1) is 28.9. The van der Waals surface area contributed by atoms with Crippen LogP contribution >= 0.6 is 0 Å². The highest BCUT2D eigenvalue weighted by atomic mass is 19.4. The first-order valence-electron chi connectivity index (χ1n) is 13.7. The zero-order valence-corrected chi connectivity index (χ0v) is 24.4. The molecule has 1 aliphatic carbocycles. The number of pyridine rings is 1. The smallest absolute Gasteiger partial charge is 0.507 e. The average Bonchev–Trinajstić information content (AvgIpc) is 3.48. The topological polar surface area (TPSA) is 162 Å². The van der Waals surface area contributed by atoms with Gasteiger partial charge in [0.05, 0.1) is 44.8 Å². The maximum atomic E-state index is 14.4. The van der Waals surface area contributed by atoms with Crippen LogP contribution in [0.5, 0.6) is 28.9 Å². The van der Waals surface area contributed by atoms with Crippen molar-refractivity contribution in [1.29, 1.82) is 0 Å². The maximum absolute atomic E-state index is 14.4. The van der Waals surface area contributed by atoms with Gasteiger partial charge in [-0.05, 0) is 57.2 Å². The highest BCUT2D eigenvalue weighted by Gasteiger charge is 2.55. The van der Waals surface area contributed by atoms with E-state index in [2.05, 4.69) is 19.8 Å². The molecule has 0 spiro atoms. The number of Topliss-reactive ketones (excluding diaryl/α,β-unsaturated/α-hetero) is 1. The number of alkyl halides is 3. The van der Waals surface area contributed by atoms with E-state index >= 15 is 0 Å². The van der Waals surface area contributed by atoms with Crippen molar-refractivity contribution in [3.8, 4) is 45.8 Å². The van der Waals surface area contributed by atoms with Crippen molar-refractivity contribution in [2.75, 3.05) is 0 Å². The number of phenols is 2. The van der Waals surface area contributed by atoms with Crippen molar-refractivity contribution < 1.29 is 42.8 Å². The molecule has 2 aliphatic rings. The van der Waals surface area contributed by atoms with E-state index in [-0.39, 0.29) is 67.7 Å². The molecule has 46 heavy (non-hydrogen) atoms. The number of carbonyl (C=O) groups is 1. The number of allylic oxidation sites excluding steroid dienone is 1. The molecule has 234 valence electrons. The highest BCUT2D eigenvalue weighted by Crippen LogP contribution is 2.60. The van der Waals surface area contributed by atoms with Crippen molar-refractivity contribution in [3.63, 3.8) is 0 Å². The van der Waals surface area contributed by atoms with Gasteiger partial charge in [0.15, 0.2) is 5.78 Å². The molecule has 0 fully saturated rings. The van der Waals surface area contributed by atoms with E-state index in [0.717, 1.165) is 16.7 Å². The molecule has 12 nitrogen and oxygen atoms in total. The van der Waals surface area contributed by atoms with Crippen molar-refractivity contribution in [2.45, 2.75) is 32.5 Å². The molecule has 3 aromatic heterocycles. The number of rotatable bonds is 3. The molecule has 5 aromatic rings. The largest absolute Gasteiger partial charge is 0.573 e. The van der Waals surface area contributed by atoms with Crippen LogP contribution in [0.2, 0.25) is 0 Å². The molecule has 1 atom stereocenters. The zero-order chi connectivity index (χ0) is 33.0. The Morgan fingerprint density at radius 3 is 2.33 bits per heavy atom. The average molecular weight is 634 g/mol. The number of ketones is 1. The van der Waals surface area contributed by atoms with Crippen molar-refractivity contribution >= 4 is 22.9 Å². The summed E-state index contributed by atoms with van der Waals surface area (Å²) in [5, 5.41) is 37.5. The number of fused-ring (bicyclic) bond motifs is 5. The molecule has 0 amide bonds. The summed E-state index contributed by atoms with van der Waals surface area (Å²) in [4.78, 5) is 34.7. The number of halogens is 3. The fourth-order valence-electron chi connectivity index (χ4n) is 6.02. The molecule has 0 unspecified atom stereocenters. The number of hydrogen-bond acceptors (Lipinski definition) is 10.